The van der Waals surface area contributed by atoms with E-state index >= 15 is 0 Å². The van der Waals surface area contributed by atoms with E-state index in [4.69, 9.17) is 9.47 Å². The van der Waals surface area contributed by atoms with Crippen molar-refractivity contribution in [3.63, 3.8) is 0 Å². The maximum absolute atomic E-state index is 14.1. The zero-order valence-electron chi connectivity index (χ0n) is 23.5. The molecule has 3 aromatic rings. The van der Waals surface area contributed by atoms with Crippen LogP contribution in [0.25, 0.3) is 0 Å². The van der Waals surface area contributed by atoms with Gasteiger partial charge in [0, 0.05) is 37.6 Å². The predicted octanol–water partition coefficient (Wildman–Crippen LogP) is 4.58. The topological polar surface area (TPSA) is 81.1 Å². The minimum absolute atomic E-state index is 0.0687. The van der Waals surface area contributed by atoms with Gasteiger partial charge >= 0.3 is 0 Å². The molecule has 0 spiro atoms. The molecule has 2 aliphatic heterocycles. The maximum atomic E-state index is 14.1. The van der Waals surface area contributed by atoms with Crippen LogP contribution < -0.4 is 4.74 Å². The molecule has 11 heteroatoms. The lowest BCUT2D eigenvalue weighted by Crippen LogP contribution is -2.47. The zero-order valence-corrected chi connectivity index (χ0v) is 24.3. The summed E-state index contributed by atoms with van der Waals surface area (Å²) in [5, 5.41) is 0. The Bertz CT molecular complexity index is 1520. The van der Waals surface area contributed by atoms with Crippen LogP contribution in [-0.2, 0) is 26.1 Å². The standard InChI is InChI=1S/C30H35F2N3O5S/c1-20-15-24(39-3)16-21(2)30(20)41(37,38)35-12-5-4-7-23(35)18-40-19-28(36)34-14-13-33-11-6-8-27(33)29(34)22-9-10-25(31)26(32)17-22/h6,8-11,15-17,23,29H,4-5,7,12-14,18-19H2,1-3H3. The van der Waals surface area contributed by atoms with Crippen molar-refractivity contribution >= 4 is 15.9 Å². The number of benzene rings is 2. The Morgan fingerprint density at radius 3 is 2.46 bits per heavy atom. The molecule has 0 N–H and O–H groups in total. The number of methoxy groups -OCH3 is 1. The number of aromatic nitrogens is 1. The van der Waals surface area contributed by atoms with Gasteiger partial charge in [0.1, 0.15) is 12.4 Å². The molecule has 5 rings (SSSR count). The summed E-state index contributed by atoms with van der Waals surface area (Å²) in [6, 6.07) is 9.81. The smallest absolute Gasteiger partial charge is 0.249 e. The molecule has 1 saturated heterocycles. The van der Waals surface area contributed by atoms with Crippen LogP contribution in [0, 0.1) is 25.5 Å². The highest BCUT2D eigenvalue weighted by Crippen LogP contribution is 2.34. The molecular formula is C30H35F2N3O5S. The van der Waals surface area contributed by atoms with E-state index in [1.54, 1.807) is 38.0 Å². The number of carbonyl (C=O) groups is 1. The van der Waals surface area contributed by atoms with Crippen LogP contribution in [0.15, 0.2) is 53.6 Å². The number of hydrogen-bond donors (Lipinski definition) is 0. The second kappa shape index (κ2) is 11.9. The van der Waals surface area contributed by atoms with Crippen molar-refractivity contribution in [2.24, 2.45) is 0 Å². The molecule has 220 valence electrons. The van der Waals surface area contributed by atoms with Crippen LogP contribution in [0.3, 0.4) is 0 Å². The number of amides is 1. The Hall–Kier alpha value is -3.28. The molecule has 0 saturated carbocycles. The normalized spacial score (nSPS) is 19.7. The number of fused-ring (bicyclic) bond motifs is 1. The van der Waals surface area contributed by atoms with E-state index in [0.717, 1.165) is 30.7 Å². The third-order valence-corrected chi connectivity index (χ3v) is 10.2. The number of ether oxygens (including phenoxy) is 2. The lowest BCUT2D eigenvalue weighted by atomic mass is 9.99. The van der Waals surface area contributed by atoms with Crippen LogP contribution >= 0.6 is 0 Å². The fraction of sp³-hybridized carbons (Fsp3) is 0.433. The van der Waals surface area contributed by atoms with E-state index in [1.165, 1.54) is 10.4 Å². The molecule has 1 aromatic heterocycles. The SMILES string of the molecule is COc1cc(C)c(S(=O)(=O)N2CCCCC2COCC(=O)N2CCn3cccc3C2c2ccc(F)c(F)c2)c(C)c1. The Morgan fingerprint density at radius 2 is 1.76 bits per heavy atom. The number of hydrogen-bond acceptors (Lipinski definition) is 5. The third-order valence-electron chi connectivity index (χ3n) is 7.96. The molecule has 1 amide bonds. The van der Waals surface area contributed by atoms with Gasteiger partial charge in [-0.1, -0.05) is 12.5 Å². The van der Waals surface area contributed by atoms with Crippen molar-refractivity contribution in [1.29, 1.82) is 0 Å². The van der Waals surface area contributed by atoms with Crippen molar-refractivity contribution in [2.45, 2.75) is 56.6 Å². The van der Waals surface area contributed by atoms with Gasteiger partial charge in [-0.15, -0.1) is 0 Å². The number of rotatable bonds is 8. The number of carbonyl (C=O) groups excluding carboxylic acids is 1. The lowest BCUT2D eigenvalue weighted by molar-refractivity contribution is -0.139. The van der Waals surface area contributed by atoms with Crippen molar-refractivity contribution in [2.75, 3.05) is 33.4 Å². The van der Waals surface area contributed by atoms with E-state index in [0.29, 0.717) is 48.5 Å². The Labute approximate surface area is 239 Å². The number of piperidine rings is 1. The molecule has 2 unspecified atom stereocenters. The summed E-state index contributed by atoms with van der Waals surface area (Å²) in [5.41, 5.74) is 2.48. The molecule has 2 aromatic carbocycles. The first-order chi connectivity index (χ1) is 19.6. The molecular weight excluding hydrogens is 552 g/mol. The summed E-state index contributed by atoms with van der Waals surface area (Å²) >= 11 is 0. The Kier molecular flexibility index (Phi) is 8.49. The predicted molar refractivity (Wildman–Crippen MR) is 149 cm³/mol. The highest BCUT2D eigenvalue weighted by atomic mass is 32.2. The van der Waals surface area contributed by atoms with E-state index < -0.39 is 33.7 Å². The summed E-state index contributed by atoms with van der Waals surface area (Å²) in [5.74, 6) is -1.63. The van der Waals surface area contributed by atoms with E-state index in [9.17, 15) is 22.0 Å². The minimum Gasteiger partial charge on any atom is -0.497 e. The van der Waals surface area contributed by atoms with Gasteiger partial charge in [-0.05, 0) is 79.8 Å². The summed E-state index contributed by atoms with van der Waals surface area (Å²) < 4.78 is 70.1. The molecule has 0 radical (unpaired) electrons. The zero-order chi connectivity index (χ0) is 29.3. The number of halogens is 2. The number of nitrogens with zero attached hydrogens (tertiary/aromatic N) is 3. The maximum Gasteiger partial charge on any atom is 0.249 e. The first kappa shape index (κ1) is 29.2. The van der Waals surface area contributed by atoms with Gasteiger partial charge in [0.25, 0.3) is 0 Å². The summed E-state index contributed by atoms with van der Waals surface area (Å²) in [6.07, 6.45) is 4.11. The van der Waals surface area contributed by atoms with Crippen LogP contribution in [-0.4, -0.2) is 67.6 Å². The fourth-order valence-corrected chi connectivity index (χ4v) is 8.15. The van der Waals surface area contributed by atoms with Gasteiger partial charge in [0.05, 0.1) is 24.7 Å². The second-order valence-electron chi connectivity index (χ2n) is 10.7. The van der Waals surface area contributed by atoms with Gasteiger partial charge in [-0.25, -0.2) is 17.2 Å². The molecule has 3 heterocycles. The Balaban J connectivity index is 1.31. The van der Waals surface area contributed by atoms with Crippen LogP contribution in [0.4, 0.5) is 8.78 Å². The van der Waals surface area contributed by atoms with Crippen LogP contribution in [0.5, 0.6) is 5.75 Å². The average Bonchev–Trinajstić information content (AvgIpc) is 3.42. The van der Waals surface area contributed by atoms with Crippen molar-refractivity contribution in [1.82, 2.24) is 13.8 Å². The van der Waals surface area contributed by atoms with Crippen molar-refractivity contribution < 1.29 is 31.5 Å². The van der Waals surface area contributed by atoms with Gasteiger partial charge in [0.2, 0.25) is 15.9 Å². The quantitative estimate of drug-likeness (QED) is 0.386. The summed E-state index contributed by atoms with van der Waals surface area (Å²) in [4.78, 5) is 15.3. The average molecular weight is 588 g/mol. The third kappa shape index (κ3) is 5.75. The molecule has 0 bridgehead atoms. The largest absolute Gasteiger partial charge is 0.497 e. The van der Waals surface area contributed by atoms with Crippen molar-refractivity contribution in [3.8, 4) is 5.75 Å². The molecule has 0 aliphatic carbocycles. The van der Waals surface area contributed by atoms with E-state index in [1.807, 2.05) is 22.9 Å². The first-order valence-corrected chi connectivity index (χ1v) is 15.2. The molecule has 1 fully saturated rings. The summed E-state index contributed by atoms with van der Waals surface area (Å²) in [6.45, 7) is 4.63. The first-order valence-electron chi connectivity index (χ1n) is 13.8. The minimum atomic E-state index is -3.81. The van der Waals surface area contributed by atoms with Gasteiger partial charge < -0.3 is 18.9 Å². The number of aryl methyl sites for hydroxylation is 2. The number of sulfonamides is 1. The van der Waals surface area contributed by atoms with Gasteiger partial charge in [0.15, 0.2) is 11.6 Å². The highest BCUT2D eigenvalue weighted by molar-refractivity contribution is 7.89. The molecule has 8 nitrogen and oxygen atoms in total. The monoisotopic (exact) mass is 587 g/mol. The Morgan fingerprint density at radius 1 is 1.00 bits per heavy atom. The fourth-order valence-electron chi connectivity index (χ4n) is 6.06. The molecule has 41 heavy (non-hydrogen) atoms. The highest BCUT2D eigenvalue weighted by Gasteiger charge is 2.37. The molecule has 2 aliphatic rings. The summed E-state index contributed by atoms with van der Waals surface area (Å²) in [7, 11) is -2.27. The molecule has 2 atom stereocenters. The van der Waals surface area contributed by atoms with Gasteiger partial charge in [-0.2, -0.15) is 4.31 Å². The van der Waals surface area contributed by atoms with E-state index in [-0.39, 0.29) is 24.0 Å². The second-order valence-corrected chi connectivity index (χ2v) is 12.5. The van der Waals surface area contributed by atoms with Crippen LogP contribution in [0.1, 0.15) is 47.7 Å². The van der Waals surface area contributed by atoms with Crippen molar-refractivity contribution in [3.05, 3.63) is 82.7 Å². The lowest BCUT2D eigenvalue weighted by Gasteiger charge is -2.38. The van der Waals surface area contributed by atoms with E-state index in [2.05, 4.69) is 0 Å². The van der Waals surface area contributed by atoms with Crippen LogP contribution in [0.2, 0.25) is 0 Å². The van der Waals surface area contributed by atoms with Gasteiger partial charge in [-0.3, -0.25) is 4.79 Å².